The Morgan fingerprint density at radius 2 is 1.48 bits per heavy atom. The van der Waals surface area contributed by atoms with E-state index in [-0.39, 0.29) is 22.7 Å². The standard InChI is InChI=1S/C23H45N3O/c1-21(2,3)24-18-12-10-11-17(15-18)20-19(27)16-26(20)23(6,7)22(4,5)25-13-8-9-14-25/h17-20,24,27H,8-16H2,1-7H3. The van der Waals surface area contributed by atoms with E-state index in [2.05, 4.69) is 63.6 Å². The maximum atomic E-state index is 10.8. The minimum absolute atomic E-state index is 0.0611. The molecular formula is C23H45N3O. The molecule has 3 aliphatic rings. The fourth-order valence-corrected chi connectivity index (χ4v) is 5.97. The summed E-state index contributed by atoms with van der Waals surface area (Å²) in [5, 5.41) is 14.6. The van der Waals surface area contributed by atoms with Gasteiger partial charge in [0.25, 0.3) is 0 Å². The highest BCUT2D eigenvalue weighted by Crippen LogP contribution is 2.44. The minimum atomic E-state index is -0.156. The Bertz CT molecular complexity index is 504. The molecule has 0 bridgehead atoms. The Kier molecular flexibility index (Phi) is 6.06. The van der Waals surface area contributed by atoms with Crippen LogP contribution in [0.2, 0.25) is 0 Å². The predicted octanol–water partition coefficient (Wildman–Crippen LogP) is 3.63. The Labute approximate surface area is 168 Å². The number of hydrogen-bond acceptors (Lipinski definition) is 4. The van der Waals surface area contributed by atoms with Gasteiger partial charge in [-0.1, -0.05) is 6.42 Å². The van der Waals surface area contributed by atoms with Crippen molar-refractivity contribution in [2.24, 2.45) is 5.92 Å². The highest BCUT2D eigenvalue weighted by molar-refractivity contribution is 5.12. The van der Waals surface area contributed by atoms with Crippen LogP contribution in [0.3, 0.4) is 0 Å². The molecule has 2 aliphatic heterocycles. The first kappa shape index (κ1) is 21.5. The number of nitrogens with one attached hydrogen (secondary N) is 1. The molecule has 0 spiro atoms. The van der Waals surface area contributed by atoms with Crippen LogP contribution in [0.5, 0.6) is 0 Å². The van der Waals surface area contributed by atoms with E-state index in [0.29, 0.717) is 18.0 Å². The molecule has 158 valence electrons. The summed E-state index contributed by atoms with van der Waals surface area (Å²) >= 11 is 0. The molecule has 0 aromatic rings. The maximum Gasteiger partial charge on any atom is 0.0825 e. The number of β-amino-alcohol motifs (C(OH)–C–C–N with tert-alkyl or cyclic N) is 1. The van der Waals surface area contributed by atoms with Gasteiger partial charge >= 0.3 is 0 Å². The van der Waals surface area contributed by atoms with Crippen LogP contribution in [0, 0.1) is 5.92 Å². The molecule has 0 radical (unpaired) electrons. The van der Waals surface area contributed by atoms with Gasteiger partial charge in [-0.2, -0.15) is 0 Å². The van der Waals surface area contributed by atoms with Crippen molar-refractivity contribution in [1.29, 1.82) is 0 Å². The van der Waals surface area contributed by atoms with Gasteiger partial charge in [-0.3, -0.25) is 9.80 Å². The molecule has 4 atom stereocenters. The third-order valence-corrected chi connectivity index (χ3v) is 8.08. The second kappa shape index (κ2) is 7.59. The number of likely N-dealkylation sites (tertiary alicyclic amines) is 2. The van der Waals surface area contributed by atoms with E-state index in [1.54, 1.807) is 0 Å². The van der Waals surface area contributed by atoms with Crippen LogP contribution in [-0.4, -0.2) is 69.3 Å². The predicted molar refractivity (Wildman–Crippen MR) is 114 cm³/mol. The number of aliphatic hydroxyl groups excluding tert-OH is 1. The number of nitrogens with zero attached hydrogens (tertiary/aromatic N) is 2. The average Bonchev–Trinajstić information content (AvgIpc) is 3.06. The molecule has 4 heteroatoms. The lowest BCUT2D eigenvalue weighted by molar-refractivity contribution is -0.172. The van der Waals surface area contributed by atoms with E-state index >= 15 is 0 Å². The maximum absolute atomic E-state index is 10.8. The lowest BCUT2D eigenvalue weighted by Gasteiger charge is -2.63. The van der Waals surface area contributed by atoms with Crippen LogP contribution in [0.4, 0.5) is 0 Å². The molecule has 2 N–H and O–H groups in total. The number of rotatable bonds is 5. The Hall–Kier alpha value is -0.160. The summed E-state index contributed by atoms with van der Waals surface area (Å²) in [5.74, 6) is 0.607. The zero-order valence-corrected chi connectivity index (χ0v) is 19.0. The van der Waals surface area contributed by atoms with Gasteiger partial charge < -0.3 is 10.4 Å². The van der Waals surface area contributed by atoms with Gasteiger partial charge in [0.2, 0.25) is 0 Å². The lowest BCUT2D eigenvalue weighted by atomic mass is 9.70. The largest absolute Gasteiger partial charge is 0.390 e. The summed E-state index contributed by atoms with van der Waals surface area (Å²) in [6, 6.07) is 0.916. The van der Waals surface area contributed by atoms with Crippen molar-refractivity contribution >= 4 is 0 Å². The van der Waals surface area contributed by atoms with Crippen molar-refractivity contribution in [2.75, 3.05) is 19.6 Å². The zero-order valence-electron chi connectivity index (χ0n) is 19.0. The molecule has 0 aromatic heterocycles. The molecule has 27 heavy (non-hydrogen) atoms. The van der Waals surface area contributed by atoms with Gasteiger partial charge in [-0.15, -0.1) is 0 Å². The van der Waals surface area contributed by atoms with Crippen LogP contribution >= 0.6 is 0 Å². The molecule has 0 aromatic carbocycles. The topological polar surface area (TPSA) is 38.7 Å². The lowest BCUT2D eigenvalue weighted by Crippen LogP contribution is -2.76. The molecule has 4 nitrogen and oxygen atoms in total. The van der Waals surface area contributed by atoms with Crippen LogP contribution in [-0.2, 0) is 0 Å². The molecule has 0 amide bonds. The summed E-state index contributed by atoms with van der Waals surface area (Å²) in [4.78, 5) is 5.33. The fourth-order valence-electron chi connectivity index (χ4n) is 5.97. The van der Waals surface area contributed by atoms with Crippen molar-refractivity contribution < 1.29 is 5.11 Å². The third-order valence-electron chi connectivity index (χ3n) is 8.08. The first-order valence-corrected chi connectivity index (χ1v) is 11.4. The smallest absolute Gasteiger partial charge is 0.0825 e. The average molecular weight is 380 g/mol. The van der Waals surface area contributed by atoms with Gasteiger partial charge in [0.1, 0.15) is 0 Å². The van der Waals surface area contributed by atoms with Crippen LogP contribution in [0.1, 0.15) is 87.0 Å². The summed E-state index contributed by atoms with van der Waals surface area (Å²) in [7, 11) is 0. The van der Waals surface area contributed by atoms with E-state index in [4.69, 9.17) is 0 Å². The number of aliphatic hydroxyl groups is 1. The van der Waals surface area contributed by atoms with Gasteiger partial charge in [-0.25, -0.2) is 0 Å². The van der Waals surface area contributed by atoms with E-state index in [1.807, 2.05) is 0 Å². The van der Waals surface area contributed by atoms with E-state index < -0.39 is 0 Å². The van der Waals surface area contributed by atoms with Gasteiger partial charge in [0.15, 0.2) is 0 Å². The Balaban J connectivity index is 1.71. The van der Waals surface area contributed by atoms with E-state index in [0.717, 1.165) is 6.54 Å². The molecular weight excluding hydrogens is 334 g/mol. The molecule has 2 heterocycles. The minimum Gasteiger partial charge on any atom is -0.390 e. The van der Waals surface area contributed by atoms with Crippen LogP contribution in [0.15, 0.2) is 0 Å². The Morgan fingerprint density at radius 1 is 0.852 bits per heavy atom. The van der Waals surface area contributed by atoms with Crippen molar-refractivity contribution in [3.05, 3.63) is 0 Å². The molecule has 1 aliphatic carbocycles. The molecule has 2 saturated heterocycles. The van der Waals surface area contributed by atoms with Gasteiger partial charge in [0.05, 0.1) is 6.10 Å². The van der Waals surface area contributed by atoms with Crippen molar-refractivity contribution in [1.82, 2.24) is 15.1 Å². The van der Waals surface area contributed by atoms with Gasteiger partial charge in [-0.05, 0) is 99.6 Å². The van der Waals surface area contributed by atoms with Crippen LogP contribution in [0.25, 0.3) is 0 Å². The van der Waals surface area contributed by atoms with Crippen molar-refractivity contribution in [3.8, 4) is 0 Å². The quantitative estimate of drug-likeness (QED) is 0.765. The summed E-state index contributed by atoms with van der Waals surface area (Å²) in [6.07, 6.45) is 7.53. The zero-order chi connectivity index (χ0) is 20.0. The molecule has 1 saturated carbocycles. The summed E-state index contributed by atoms with van der Waals surface area (Å²) in [6.45, 7) is 19.7. The normalized spacial score (nSPS) is 34.7. The van der Waals surface area contributed by atoms with Crippen molar-refractivity contribution in [2.45, 2.75) is 122 Å². The van der Waals surface area contributed by atoms with E-state index in [1.165, 1.54) is 51.6 Å². The highest BCUT2D eigenvalue weighted by Gasteiger charge is 2.55. The first-order valence-electron chi connectivity index (χ1n) is 11.4. The third kappa shape index (κ3) is 4.24. The van der Waals surface area contributed by atoms with E-state index in [9.17, 15) is 5.11 Å². The monoisotopic (exact) mass is 379 g/mol. The van der Waals surface area contributed by atoms with Gasteiger partial charge in [0, 0.05) is 35.2 Å². The second-order valence-corrected chi connectivity index (χ2v) is 11.5. The first-order chi connectivity index (χ1) is 12.4. The summed E-state index contributed by atoms with van der Waals surface area (Å²) < 4.78 is 0. The van der Waals surface area contributed by atoms with Crippen LogP contribution < -0.4 is 5.32 Å². The highest BCUT2D eigenvalue weighted by atomic mass is 16.3. The van der Waals surface area contributed by atoms with Crippen molar-refractivity contribution in [3.63, 3.8) is 0 Å². The summed E-state index contributed by atoms with van der Waals surface area (Å²) in [5.41, 5.74) is 0.354. The molecule has 3 rings (SSSR count). The SMILES string of the molecule is CC(C)(C)NC1CCCC(C2C(O)CN2C(C)(C)C(C)(C)N2CCCC2)C1. The molecule has 4 unspecified atom stereocenters. The number of hydrogen-bond donors (Lipinski definition) is 2. The fraction of sp³-hybridized carbons (Fsp3) is 1.00. The Morgan fingerprint density at radius 3 is 2.04 bits per heavy atom. The second-order valence-electron chi connectivity index (χ2n) is 11.5. The molecule has 3 fully saturated rings.